The Morgan fingerprint density at radius 2 is 1.95 bits per heavy atom. The van der Waals surface area contributed by atoms with Crippen LogP contribution in [-0.4, -0.2) is 24.1 Å². The van der Waals surface area contributed by atoms with Crippen molar-refractivity contribution in [3.8, 4) is 0 Å². The van der Waals surface area contributed by atoms with Crippen molar-refractivity contribution in [2.24, 2.45) is 0 Å². The molecule has 0 bridgehead atoms. The lowest BCUT2D eigenvalue weighted by atomic mass is 10.1. The van der Waals surface area contributed by atoms with Crippen molar-refractivity contribution in [2.75, 3.05) is 13.3 Å². The predicted octanol–water partition coefficient (Wildman–Crippen LogP) is 4.75. The number of hydrogen-bond acceptors (Lipinski definition) is 2. The van der Waals surface area contributed by atoms with E-state index in [4.69, 9.17) is 0 Å². The second-order valence-electron chi connectivity index (χ2n) is 4.93. The molecule has 0 heterocycles. The first-order chi connectivity index (χ1) is 10.0. The molecule has 21 heavy (non-hydrogen) atoms. The fraction of sp³-hybridized carbons (Fsp3) is 0.235. The number of carbonyl (C=O) groups excluding carboxylic acids is 1. The smallest absolute Gasteiger partial charge is 0.254 e. The summed E-state index contributed by atoms with van der Waals surface area (Å²) >= 11 is 5.18. The molecule has 110 valence electrons. The molecule has 2 aromatic rings. The Hall–Kier alpha value is -1.26. The molecule has 0 aliphatic carbocycles. The van der Waals surface area contributed by atoms with Crippen molar-refractivity contribution in [1.29, 1.82) is 0 Å². The van der Waals surface area contributed by atoms with Gasteiger partial charge in [-0.2, -0.15) is 0 Å². The van der Waals surface area contributed by atoms with E-state index in [1.807, 2.05) is 62.7 Å². The van der Waals surface area contributed by atoms with Crippen LogP contribution in [0.5, 0.6) is 0 Å². The van der Waals surface area contributed by atoms with Gasteiger partial charge in [0.2, 0.25) is 0 Å². The molecule has 0 aromatic heterocycles. The maximum atomic E-state index is 12.7. The Bertz CT molecular complexity index is 657. The Balaban J connectivity index is 2.22. The van der Waals surface area contributed by atoms with Crippen LogP contribution in [-0.2, 0) is 6.54 Å². The molecule has 1 amide bonds. The Kier molecular flexibility index (Phi) is 5.48. The number of hydrogen-bond donors (Lipinski definition) is 0. The van der Waals surface area contributed by atoms with Gasteiger partial charge in [0.1, 0.15) is 0 Å². The van der Waals surface area contributed by atoms with Crippen molar-refractivity contribution in [3.63, 3.8) is 0 Å². The minimum Gasteiger partial charge on any atom is -0.337 e. The van der Waals surface area contributed by atoms with Gasteiger partial charge < -0.3 is 4.90 Å². The number of rotatable bonds is 4. The first kappa shape index (κ1) is 16.1. The second kappa shape index (κ2) is 7.14. The lowest BCUT2D eigenvalue weighted by molar-refractivity contribution is 0.0784. The van der Waals surface area contributed by atoms with E-state index in [0.29, 0.717) is 6.54 Å². The SMILES string of the molecule is CSc1ccc(C)c(C(=O)N(C)Cc2ccccc2Br)c1. The van der Waals surface area contributed by atoms with Gasteiger partial charge >= 0.3 is 0 Å². The summed E-state index contributed by atoms with van der Waals surface area (Å²) < 4.78 is 1.03. The van der Waals surface area contributed by atoms with Gasteiger partial charge in [0.15, 0.2) is 0 Å². The van der Waals surface area contributed by atoms with E-state index in [9.17, 15) is 4.79 Å². The maximum Gasteiger partial charge on any atom is 0.254 e. The number of carbonyl (C=O) groups is 1. The summed E-state index contributed by atoms with van der Waals surface area (Å²) in [5.74, 6) is 0.0548. The summed E-state index contributed by atoms with van der Waals surface area (Å²) in [6.07, 6.45) is 2.02. The highest BCUT2D eigenvalue weighted by Gasteiger charge is 2.15. The first-order valence-corrected chi connectivity index (χ1v) is 8.68. The van der Waals surface area contributed by atoms with Crippen LogP contribution in [0, 0.1) is 6.92 Å². The van der Waals surface area contributed by atoms with Crippen LogP contribution in [0.3, 0.4) is 0 Å². The standard InChI is InChI=1S/C17H18BrNOS/c1-12-8-9-14(21-3)10-15(12)17(20)19(2)11-13-6-4-5-7-16(13)18/h4-10H,11H2,1-3H3. The molecular weight excluding hydrogens is 346 g/mol. The van der Waals surface area contributed by atoms with Crippen LogP contribution in [0.1, 0.15) is 21.5 Å². The number of halogens is 1. The van der Waals surface area contributed by atoms with Gasteiger partial charge in [0, 0.05) is 28.5 Å². The van der Waals surface area contributed by atoms with Crippen LogP contribution in [0.25, 0.3) is 0 Å². The molecule has 2 nitrogen and oxygen atoms in total. The number of thioether (sulfide) groups is 1. The summed E-state index contributed by atoms with van der Waals surface area (Å²) in [6.45, 7) is 2.56. The molecule has 0 fully saturated rings. The highest BCUT2D eigenvalue weighted by molar-refractivity contribution is 9.10. The van der Waals surface area contributed by atoms with Gasteiger partial charge in [-0.3, -0.25) is 4.79 Å². The van der Waals surface area contributed by atoms with Gasteiger partial charge in [0.05, 0.1) is 0 Å². The summed E-state index contributed by atoms with van der Waals surface area (Å²) in [4.78, 5) is 15.5. The molecule has 0 unspecified atom stereocenters. The Morgan fingerprint density at radius 3 is 2.62 bits per heavy atom. The number of nitrogens with zero attached hydrogens (tertiary/aromatic N) is 1. The van der Waals surface area contributed by atoms with Crippen molar-refractivity contribution in [1.82, 2.24) is 4.90 Å². The third kappa shape index (κ3) is 3.89. The molecule has 2 rings (SSSR count). The molecule has 0 spiro atoms. The number of benzene rings is 2. The molecule has 0 aliphatic heterocycles. The van der Waals surface area contributed by atoms with E-state index < -0.39 is 0 Å². The van der Waals surface area contributed by atoms with Gasteiger partial charge in [-0.25, -0.2) is 0 Å². The van der Waals surface area contributed by atoms with Gasteiger partial charge in [-0.05, 0) is 42.5 Å². The number of aryl methyl sites for hydroxylation is 1. The van der Waals surface area contributed by atoms with Crippen LogP contribution in [0.2, 0.25) is 0 Å². The summed E-state index contributed by atoms with van der Waals surface area (Å²) in [6, 6.07) is 14.0. The molecule has 0 saturated heterocycles. The monoisotopic (exact) mass is 363 g/mol. The minimum atomic E-state index is 0.0548. The fourth-order valence-electron chi connectivity index (χ4n) is 2.12. The average molecular weight is 364 g/mol. The Labute approximate surface area is 138 Å². The van der Waals surface area contributed by atoms with Crippen LogP contribution >= 0.6 is 27.7 Å². The zero-order valence-electron chi connectivity index (χ0n) is 12.4. The van der Waals surface area contributed by atoms with E-state index >= 15 is 0 Å². The summed E-state index contributed by atoms with van der Waals surface area (Å²) in [5.41, 5.74) is 2.89. The van der Waals surface area contributed by atoms with Gasteiger partial charge in [-0.15, -0.1) is 11.8 Å². The van der Waals surface area contributed by atoms with Crippen LogP contribution in [0.4, 0.5) is 0 Å². The van der Waals surface area contributed by atoms with Crippen molar-refractivity contribution < 1.29 is 4.79 Å². The van der Waals surface area contributed by atoms with Crippen molar-refractivity contribution >= 4 is 33.6 Å². The summed E-state index contributed by atoms with van der Waals surface area (Å²) in [5, 5.41) is 0. The van der Waals surface area contributed by atoms with E-state index in [-0.39, 0.29) is 5.91 Å². The van der Waals surface area contributed by atoms with Crippen molar-refractivity contribution in [2.45, 2.75) is 18.4 Å². The molecule has 0 N–H and O–H groups in total. The molecule has 2 aromatic carbocycles. The third-order valence-corrected chi connectivity index (χ3v) is 4.89. The largest absolute Gasteiger partial charge is 0.337 e. The molecule has 4 heteroatoms. The predicted molar refractivity (Wildman–Crippen MR) is 92.9 cm³/mol. The Morgan fingerprint density at radius 1 is 1.24 bits per heavy atom. The minimum absolute atomic E-state index is 0.0548. The lowest BCUT2D eigenvalue weighted by Gasteiger charge is -2.19. The van der Waals surface area contributed by atoms with Gasteiger partial charge in [0.25, 0.3) is 5.91 Å². The van der Waals surface area contributed by atoms with E-state index in [2.05, 4.69) is 15.9 Å². The average Bonchev–Trinajstić information content (AvgIpc) is 2.49. The van der Waals surface area contributed by atoms with Crippen molar-refractivity contribution in [3.05, 3.63) is 63.6 Å². The maximum absolute atomic E-state index is 12.7. The molecule has 0 radical (unpaired) electrons. The molecular formula is C17H18BrNOS. The number of amides is 1. The molecule has 0 aliphatic rings. The van der Waals surface area contributed by atoms with Crippen LogP contribution < -0.4 is 0 Å². The molecule has 0 saturated carbocycles. The fourth-order valence-corrected chi connectivity index (χ4v) is 2.97. The second-order valence-corrected chi connectivity index (χ2v) is 6.67. The topological polar surface area (TPSA) is 20.3 Å². The zero-order valence-corrected chi connectivity index (χ0v) is 14.8. The quantitative estimate of drug-likeness (QED) is 0.730. The third-order valence-electron chi connectivity index (χ3n) is 3.39. The molecule has 0 atom stereocenters. The van der Waals surface area contributed by atoms with E-state index in [1.165, 1.54) is 0 Å². The van der Waals surface area contributed by atoms with E-state index in [0.717, 1.165) is 26.1 Å². The highest BCUT2D eigenvalue weighted by atomic mass is 79.9. The van der Waals surface area contributed by atoms with E-state index in [1.54, 1.807) is 16.7 Å². The summed E-state index contributed by atoms with van der Waals surface area (Å²) in [7, 11) is 1.84. The lowest BCUT2D eigenvalue weighted by Crippen LogP contribution is -2.27. The normalized spacial score (nSPS) is 10.5. The zero-order chi connectivity index (χ0) is 15.4. The highest BCUT2D eigenvalue weighted by Crippen LogP contribution is 2.22. The first-order valence-electron chi connectivity index (χ1n) is 6.66. The van der Waals surface area contributed by atoms with Gasteiger partial charge in [-0.1, -0.05) is 40.2 Å². The van der Waals surface area contributed by atoms with Crippen LogP contribution in [0.15, 0.2) is 51.8 Å².